The highest BCUT2D eigenvalue weighted by atomic mass is 32.2. The summed E-state index contributed by atoms with van der Waals surface area (Å²) in [6.07, 6.45) is 5.47. The van der Waals surface area contributed by atoms with Gasteiger partial charge in [0.1, 0.15) is 11.9 Å². The molecule has 38 heavy (non-hydrogen) atoms. The molecule has 3 aliphatic rings. The number of Topliss-reactive ketones (excluding diaryl/α,β-unsaturated/α-hetero) is 2. The van der Waals surface area contributed by atoms with Gasteiger partial charge in [-0.15, -0.1) is 11.3 Å². The molecular formula is C28H35NO7S2. The van der Waals surface area contributed by atoms with Crippen molar-refractivity contribution in [1.82, 2.24) is 4.98 Å². The first kappa shape index (κ1) is 27.6. The summed E-state index contributed by atoms with van der Waals surface area (Å²) < 4.78 is 42.2. The molecule has 2 atom stereocenters. The average Bonchev–Trinajstić information content (AvgIpc) is 3.56. The van der Waals surface area contributed by atoms with E-state index in [1.807, 2.05) is 13.8 Å². The van der Waals surface area contributed by atoms with Crippen LogP contribution in [0, 0.1) is 5.92 Å². The Morgan fingerprint density at radius 2 is 1.79 bits per heavy atom. The standard InChI is InChI=1S/C28H35NO7S2/c1-28(2)35-17-25(36-28)26-16-29-27(37-26)24(31)10-9-23(30)22(15-18-11-13-34-14-12-18)19-3-5-20(6-4-19)38(32,33)21-7-8-21/h3-6,16,18,21-22,25H,7-15,17H2,1-2H3. The van der Waals surface area contributed by atoms with E-state index in [1.165, 1.54) is 11.3 Å². The molecule has 2 unspecified atom stereocenters. The molecule has 5 rings (SSSR count). The molecular weight excluding hydrogens is 526 g/mol. The van der Waals surface area contributed by atoms with Gasteiger partial charge in [0.05, 0.1) is 21.6 Å². The summed E-state index contributed by atoms with van der Waals surface area (Å²) in [4.78, 5) is 31.8. The largest absolute Gasteiger partial charge is 0.381 e. The van der Waals surface area contributed by atoms with Crippen LogP contribution >= 0.6 is 11.3 Å². The van der Waals surface area contributed by atoms with Crippen LogP contribution in [-0.2, 0) is 28.8 Å². The first-order chi connectivity index (χ1) is 18.1. The second kappa shape index (κ2) is 11.3. The second-order valence-electron chi connectivity index (χ2n) is 10.9. The number of rotatable bonds is 11. The van der Waals surface area contributed by atoms with Crippen molar-refractivity contribution in [2.75, 3.05) is 19.8 Å². The van der Waals surface area contributed by atoms with E-state index < -0.39 is 15.6 Å². The van der Waals surface area contributed by atoms with Crippen molar-refractivity contribution in [3.05, 3.63) is 45.9 Å². The molecule has 1 aromatic heterocycles. The van der Waals surface area contributed by atoms with Gasteiger partial charge < -0.3 is 14.2 Å². The summed E-state index contributed by atoms with van der Waals surface area (Å²) >= 11 is 1.29. The molecule has 206 valence electrons. The van der Waals surface area contributed by atoms with E-state index >= 15 is 0 Å². The SMILES string of the molecule is CC1(C)OCC(c2cnc(C(=O)CCC(=O)C(CC3CCOCC3)c3ccc(S(=O)(=O)C4CC4)cc3)s2)O1. The number of ketones is 2. The molecule has 3 fully saturated rings. The summed E-state index contributed by atoms with van der Waals surface area (Å²) in [5, 5.41) is 0.0985. The van der Waals surface area contributed by atoms with Crippen molar-refractivity contribution < 1.29 is 32.2 Å². The lowest BCUT2D eigenvalue weighted by atomic mass is 9.81. The third-order valence-corrected chi connectivity index (χ3v) is 11.0. The van der Waals surface area contributed by atoms with E-state index in [9.17, 15) is 18.0 Å². The number of ether oxygens (including phenoxy) is 3. The Kier molecular flexibility index (Phi) is 8.17. The minimum Gasteiger partial charge on any atom is -0.381 e. The van der Waals surface area contributed by atoms with E-state index in [1.54, 1.807) is 30.5 Å². The Bertz CT molecular complexity index is 1260. The van der Waals surface area contributed by atoms with E-state index in [0.717, 1.165) is 23.3 Å². The first-order valence-electron chi connectivity index (χ1n) is 13.4. The highest BCUT2D eigenvalue weighted by molar-refractivity contribution is 7.92. The van der Waals surface area contributed by atoms with Gasteiger partial charge in [0.2, 0.25) is 0 Å². The highest BCUT2D eigenvalue weighted by Crippen LogP contribution is 2.37. The molecule has 1 saturated carbocycles. The number of carbonyl (C=O) groups is 2. The molecule has 0 spiro atoms. The third kappa shape index (κ3) is 6.42. The smallest absolute Gasteiger partial charge is 0.191 e. The minimum absolute atomic E-state index is 0.00584. The maximum absolute atomic E-state index is 13.5. The maximum Gasteiger partial charge on any atom is 0.191 e. The van der Waals surface area contributed by atoms with Crippen LogP contribution < -0.4 is 0 Å². The van der Waals surface area contributed by atoms with Crippen LogP contribution in [0.3, 0.4) is 0 Å². The van der Waals surface area contributed by atoms with Gasteiger partial charge in [-0.1, -0.05) is 12.1 Å². The molecule has 2 aromatic rings. The number of sulfone groups is 1. The Labute approximate surface area is 228 Å². The van der Waals surface area contributed by atoms with Gasteiger partial charge in [-0.25, -0.2) is 13.4 Å². The minimum atomic E-state index is -3.29. The summed E-state index contributed by atoms with van der Waals surface area (Å²) in [5.41, 5.74) is 0.807. The molecule has 1 aliphatic carbocycles. The lowest BCUT2D eigenvalue weighted by Gasteiger charge is -2.26. The van der Waals surface area contributed by atoms with Gasteiger partial charge in [-0.2, -0.15) is 0 Å². The van der Waals surface area contributed by atoms with Crippen LogP contribution in [0.2, 0.25) is 0 Å². The normalized spacial score (nSPS) is 22.8. The topological polar surface area (TPSA) is 109 Å². The Balaban J connectivity index is 1.25. The lowest BCUT2D eigenvalue weighted by Crippen LogP contribution is -2.22. The number of nitrogens with zero attached hydrogens (tertiary/aromatic N) is 1. The van der Waals surface area contributed by atoms with Crippen molar-refractivity contribution in [3.8, 4) is 0 Å². The molecule has 0 radical (unpaired) electrons. The van der Waals surface area contributed by atoms with Crippen LogP contribution in [-0.4, -0.2) is 55.8 Å². The number of hydrogen-bond acceptors (Lipinski definition) is 9. The number of hydrogen-bond donors (Lipinski definition) is 0. The summed E-state index contributed by atoms with van der Waals surface area (Å²) in [6, 6.07) is 6.81. The van der Waals surface area contributed by atoms with Crippen molar-refractivity contribution in [1.29, 1.82) is 0 Å². The lowest BCUT2D eigenvalue weighted by molar-refractivity contribution is -0.138. The number of thiazole rings is 1. The van der Waals surface area contributed by atoms with Crippen LogP contribution in [0.1, 0.15) is 91.1 Å². The van der Waals surface area contributed by atoms with E-state index in [0.29, 0.717) is 54.9 Å². The molecule has 0 amide bonds. The number of carbonyl (C=O) groups excluding carboxylic acids is 2. The maximum atomic E-state index is 13.5. The molecule has 0 bridgehead atoms. The van der Waals surface area contributed by atoms with Crippen molar-refractivity contribution in [3.63, 3.8) is 0 Å². The predicted molar refractivity (Wildman–Crippen MR) is 142 cm³/mol. The zero-order valence-electron chi connectivity index (χ0n) is 21.9. The van der Waals surface area contributed by atoms with Crippen LogP contribution in [0.4, 0.5) is 0 Å². The van der Waals surface area contributed by atoms with Crippen LogP contribution in [0.5, 0.6) is 0 Å². The van der Waals surface area contributed by atoms with Gasteiger partial charge in [-0.05, 0) is 69.6 Å². The fourth-order valence-corrected chi connectivity index (χ4v) is 7.69. The van der Waals surface area contributed by atoms with Gasteiger partial charge in [0.25, 0.3) is 0 Å². The van der Waals surface area contributed by atoms with Crippen molar-refractivity contribution in [2.45, 2.75) is 86.7 Å². The van der Waals surface area contributed by atoms with Crippen LogP contribution in [0.15, 0.2) is 35.4 Å². The first-order valence-corrected chi connectivity index (χ1v) is 15.7. The van der Waals surface area contributed by atoms with Crippen molar-refractivity contribution >= 4 is 32.7 Å². The highest BCUT2D eigenvalue weighted by Gasteiger charge is 2.37. The average molecular weight is 562 g/mol. The zero-order valence-corrected chi connectivity index (χ0v) is 23.5. The fourth-order valence-electron chi connectivity index (χ4n) is 5.14. The number of benzene rings is 1. The van der Waals surface area contributed by atoms with E-state index in [4.69, 9.17) is 14.2 Å². The summed E-state index contributed by atoms with van der Waals surface area (Å²) in [6.45, 7) is 5.48. The van der Waals surface area contributed by atoms with Crippen LogP contribution in [0.25, 0.3) is 0 Å². The molecule has 2 aliphatic heterocycles. The third-order valence-electron chi connectivity index (χ3n) is 7.56. The monoisotopic (exact) mass is 561 g/mol. The molecule has 2 saturated heterocycles. The van der Waals surface area contributed by atoms with Gasteiger partial charge >= 0.3 is 0 Å². The van der Waals surface area contributed by atoms with Crippen molar-refractivity contribution in [2.24, 2.45) is 5.92 Å². The summed E-state index contributed by atoms with van der Waals surface area (Å²) in [5.74, 6) is -0.869. The zero-order chi connectivity index (χ0) is 26.9. The molecule has 1 aromatic carbocycles. The van der Waals surface area contributed by atoms with Gasteiger partial charge in [0.15, 0.2) is 26.4 Å². The second-order valence-corrected chi connectivity index (χ2v) is 14.2. The molecule has 3 heterocycles. The Morgan fingerprint density at radius 3 is 2.42 bits per heavy atom. The Morgan fingerprint density at radius 1 is 1.08 bits per heavy atom. The molecule has 10 heteroatoms. The number of aromatic nitrogens is 1. The molecule has 0 N–H and O–H groups in total. The quantitative estimate of drug-likeness (QED) is 0.351. The Hall–Kier alpha value is -1.98. The molecule has 8 nitrogen and oxygen atoms in total. The van der Waals surface area contributed by atoms with Gasteiger partial charge in [-0.3, -0.25) is 9.59 Å². The van der Waals surface area contributed by atoms with Gasteiger partial charge in [0, 0.05) is 38.2 Å². The summed E-state index contributed by atoms with van der Waals surface area (Å²) in [7, 11) is -3.29. The van der Waals surface area contributed by atoms with E-state index in [-0.39, 0.29) is 41.7 Å². The predicted octanol–water partition coefficient (Wildman–Crippen LogP) is 5.04. The fraction of sp³-hybridized carbons (Fsp3) is 0.607. The van der Waals surface area contributed by atoms with E-state index in [2.05, 4.69) is 4.98 Å².